The van der Waals surface area contributed by atoms with Crippen molar-refractivity contribution in [2.24, 2.45) is 5.92 Å². The van der Waals surface area contributed by atoms with E-state index in [9.17, 15) is 13.2 Å². The molecule has 1 aromatic carbocycles. The highest BCUT2D eigenvalue weighted by Crippen LogP contribution is 2.16. The fourth-order valence-corrected chi connectivity index (χ4v) is 3.54. The predicted molar refractivity (Wildman–Crippen MR) is 92.9 cm³/mol. The summed E-state index contributed by atoms with van der Waals surface area (Å²) < 4.78 is 22.8. The minimum Gasteiger partial charge on any atom is -0.349 e. The lowest BCUT2D eigenvalue weighted by Crippen LogP contribution is -2.28. The molecule has 0 saturated heterocycles. The van der Waals surface area contributed by atoms with E-state index in [1.807, 2.05) is 6.92 Å². The molecule has 0 aromatic heterocycles. The second kappa shape index (κ2) is 8.58. The van der Waals surface area contributed by atoms with Gasteiger partial charge in [0.25, 0.3) is 0 Å². The second-order valence-corrected chi connectivity index (χ2v) is 8.99. The van der Waals surface area contributed by atoms with Crippen molar-refractivity contribution >= 4 is 27.5 Å². The number of carbonyl (C=O) groups is 1. The van der Waals surface area contributed by atoms with Crippen LogP contribution in [0.25, 0.3) is 0 Å². The maximum Gasteiger partial charge on any atom is 0.230 e. The second-order valence-electron chi connectivity index (χ2n) is 5.87. The van der Waals surface area contributed by atoms with E-state index < -0.39 is 9.84 Å². The van der Waals surface area contributed by atoms with E-state index in [4.69, 9.17) is 0 Å². The molecule has 0 fully saturated rings. The van der Waals surface area contributed by atoms with Gasteiger partial charge in [-0.3, -0.25) is 4.79 Å². The standard InChI is InChI=1S/C16H25NO3S2/c1-12(2)9-10-21-11-16(18)17-13(3)14-5-7-15(8-6-14)22(4,19)20/h5-8,12-13H,9-11H2,1-4H3,(H,17,18)/t13-/m0/s1. The molecule has 0 aliphatic rings. The monoisotopic (exact) mass is 343 g/mol. The number of amides is 1. The summed E-state index contributed by atoms with van der Waals surface area (Å²) in [6.07, 6.45) is 2.29. The molecule has 0 radical (unpaired) electrons. The van der Waals surface area contributed by atoms with Crippen molar-refractivity contribution in [2.45, 2.75) is 38.1 Å². The molecule has 0 unspecified atom stereocenters. The third-order valence-corrected chi connectivity index (χ3v) is 5.38. The Morgan fingerprint density at radius 2 is 1.77 bits per heavy atom. The van der Waals surface area contributed by atoms with Crippen molar-refractivity contribution in [2.75, 3.05) is 17.8 Å². The van der Waals surface area contributed by atoms with Crippen molar-refractivity contribution in [1.29, 1.82) is 0 Å². The normalized spacial score (nSPS) is 13.1. The highest BCUT2D eigenvalue weighted by atomic mass is 32.2. The van der Waals surface area contributed by atoms with Crippen molar-refractivity contribution < 1.29 is 13.2 Å². The molecule has 6 heteroatoms. The van der Waals surface area contributed by atoms with Crippen molar-refractivity contribution in [3.8, 4) is 0 Å². The Labute approximate surface area is 138 Å². The molecule has 1 N–H and O–H groups in total. The number of carbonyl (C=O) groups excluding carboxylic acids is 1. The van der Waals surface area contributed by atoms with Gasteiger partial charge in [-0.1, -0.05) is 26.0 Å². The maximum absolute atomic E-state index is 11.9. The first-order valence-corrected chi connectivity index (χ1v) is 10.4. The van der Waals surface area contributed by atoms with Gasteiger partial charge in [0.1, 0.15) is 0 Å². The molecular formula is C16H25NO3S2. The van der Waals surface area contributed by atoms with Crippen LogP contribution >= 0.6 is 11.8 Å². The van der Waals surface area contributed by atoms with Crippen LogP contribution in [0.2, 0.25) is 0 Å². The Morgan fingerprint density at radius 1 is 1.18 bits per heavy atom. The molecule has 0 aliphatic carbocycles. The molecule has 4 nitrogen and oxygen atoms in total. The summed E-state index contributed by atoms with van der Waals surface area (Å²) in [5.41, 5.74) is 0.896. The summed E-state index contributed by atoms with van der Waals surface area (Å²) in [6.45, 7) is 6.23. The lowest BCUT2D eigenvalue weighted by molar-refractivity contribution is -0.119. The number of nitrogens with one attached hydrogen (secondary N) is 1. The molecule has 0 aliphatic heterocycles. The Hall–Kier alpha value is -1.01. The summed E-state index contributed by atoms with van der Waals surface area (Å²) in [5.74, 6) is 2.11. The van der Waals surface area contributed by atoms with Gasteiger partial charge in [0, 0.05) is 6.26 Å². The SMILES string of the molecule is CC(C)CCSCC(=O)N[C@@H](C)c1ccc(S(C)(=O)=O)cc1. The number of rotatable bonds is 8. The molecule has 0 saturated carbocycles. The van der Waals surface area contributed by atoms with Gasteiger partial charge in [0.2, 0.25) is 5.91 Å². The molecule has 22 heavy (non-hydrogen) atoms. The van der Waals surface area contributed by atoms with Gasteiger partial charge in [-0.25, -0.2) is 8.42 Å². The van der Waals surface area contributed by atoms with E-state index in [0.717, 1.165) is 17.7 Å². The molecule has 1 amide bonds. The van der Waals surface area contributed by atoms with Crippen molar-refractivity contribution in [3.63, 3.8) is 0 Å². The quantitative estimate of drug-likeness (QED) is 0.737. The van der Waals surface area contributed by atoms with E-state index >= 15 is 0 Å². The van der Waals surface area contributed by atoms with Gasteiger partial charge in [-0.2, -0.15) is 11.8 Å². The topological polar surface area (TPSA) is 63.2 Å². The highest BCUT2D eigenvalue weighted by Gasteiger charge is 2.12. The van der Waals surface area contributed by atoms with Gasteiger partial charge in [-0.15, -0.1) is 0 Å². The number of hydrogen-bond acceptors (Lipinski definition) is 4. The summed E-state index contributed by atoms with van der Waals surface area (Å²) in [7, 11) is -3.18. The Balaban J connectivity index is 2.47. The summed E-state index contributed by atoms with van der Waals surface area (Å²) in [5, 5.41) is 2.93. The Kier molecular flexibility index (Phi) is 7.42. The molecular weight excluding hydrogens is 318 g/mol. The third kappa shape index (κ3) is 6.83. The summed E-state index contributed by atoms with van der Waals surface area (Å²) >= 11 is 1.64. The zero-order valence-electron chi connectivity index (χ0n) is 13.6. The van der Waals surface area contributed by atoms with Gasteiger partial charge in [0.15, 0.2) is 9.84 Å². The highest BCUT2D eigenvalue weighted by molar-refractivity contribution is 7.99. The van der Waals surface area contributed by atoms with Crippen LogP contribution in [-0.2, 0) is 14.6 Å². The molecule has 0 spiro atoms. The van der Waals surface area contributed by atoms with Crippen molar-refractivity contribution in [1.82, 2.24) is 5.32 Å². The van der Waals surface area contributed by atoms with E-state index in [-0.39, 0.29) is 11.9 Å². The van der Waals surface area contributed by atoms with Gasteiger partial charge < -0.3 is 5.32 Å². The molecule has 1 rings (SSSR count). The average Bonchev–Trinajstić information content (AvgIpc) is 2.42. The van der Waals surface area contributed by atoms with Gasteiger partial charge >= 0.3 is 0 Å². The van der Waals surface area contributed by atoms with Crippen LogP contribution in [0.1, 0.15) is 38.8 Å². The molecule has 0 bridgehead atoms. The van der Waals surface area contributed by atoms with E-state index in [0.29, 0.717) is 16.6 Å². The van der Waals surface area contributed by atoms with E-state index in [1.165, 1.54) is 6.26 Å². The lowest BCUT2D eigenvalue weighted by atomic mass is 10.1. The molecule has 1 aromatic rings. The van der Waals surface area contributed by atoms with Crippen LogP contribution < -0.4 is 5.32 Å². The first-order chi connectivity index (χ1) is 10.2. The summed E-state index contributed by atoms with van der Waals surface area (Å²) in [6, 6.07) is 6.50. The van der Waals surface area contributed by atoms with Crippen LogP contribution in [0.3, 0.4) is 0 Å². The average molecular weight is 344 g/mol. The fourth-order valence-electron chi connectivity index (χ4n) is 1.85. The molecule has 1 atom stereocenters. The molecule has 124 valence electrons. The zero-order valence-corrected chi connectivity index (χ0v) is 15.3. The van der Waals surface area contributed by atoms with E-state index in [1.54, 1.807) is 36.0 Å². The minimum absolute atomic E-state index is 0.00782. The first kappa shape index (κ1) is 19.0. The maximum atomic E-state index is 11.9. The van der Waals surface area contributed by atoms with Gasteiger partial charge in [-0.05, 0) is 42.7 Å². The largest absolute Gasteiger partial charge is 0.349 e. The van der Waals surface area contributed by atoms with Crippen LogP contribution in [0, 0.1) is 5.92 Å². The van der Waals surface area contributed by atoms with E-state index in [2.05, 4.69) is 19.2 Å². The van der Waals surface area contributed by atoms with Crippen LogP contribution in [0.4, 0.5) is 0 Å². The zero-order chi connectivity index (χ0) is 16.8. The lowest BCUT2D eigenvalue weighted by Gasteiger charge is -2.14. The summed E-state index contributed by atoms with van der Waals surface area (Å²) in [4.78, 5) is 12.2. The smallest absolute Gasteiger partial charge is 0.230 e. The van der Waals surface area contributed by atoms with Gasteiger partial charge in [0.05, 0.1) is 16.7 Å². The Morgan fingerprint density at radius 3 is 2.27 bits per heavy atom. The third-order valence-electron chi connectivity index (χ3n) is 3.26. The fraction of sp³-hybridized carbons (Fsp3) is 0.562. The van der Waals surface area contributed by atoms with Crippen LogP contribution in [0.5, 0.6) is 0 Å². The number of benzene rings is 1. The van der Waals surface area contributed by atoms with Crippen molar-refractivity contribution in [3.05, 3.63) is 29.8 Å². The Bertz CT molecular complexity index is 580. The number of hydrogen-bond donors (Lipinski definition) is 1. The number of thioether (sulfide) groups is 1. The number of sulfone groups is 1. The predicted octanol–water partition coefficient (Wildman–Crippen LogP) is 3.05. The van der Waals surface area contributed by atoms with Crippen LogP contribution in [-0.4, -0.2) is 32.1 Å². The first-order valence-electron chi connectivity index (χ1n) is 7.37. The van der Waals surface area contributed by atoms with Crippen LogP contribution in [0.15, 0.2) is 29.2 Å². The molecule has 0 heterocycles. The minimum atomic E-state index is -3.18.